The maximum atomic E-state index is 12.7. The van der Waals surface area contributed by atoms with Crippen molar-refractivity contribution in [3.63, 3.8) is 0 Å². The number of carbonyl (C=O) groups excluding carboxylic acids is 1. The van der Waals surface area contributed by atoms with E-state index in [-0.39, 0.29) is 11.9 Å². The molecule has 0 spiro atoms. The molecule has 1 aliphatic rings. The zero-order valence-corrected chi connectivity index (χ0v) is 18.0. The van der Waals surface area contributed by atoms with Crippen molar-refractivity contribution >= 4 is 5.91 Å². The lowest BCUT2D eigenvalue weighted by atomic mass is 9.89. The van der Waals surface area contributed by atoms with Crippen molar-refractivity contribution in [2.45, 2.75) is 38.8 Å². The van der Waals surface area contributed by atoms with E-state index in [0.29, 0.717) is 31.6 Å². The molecular weight excluding hydrogens is 378 g/mol. The molecule has 0 bridgehead atoms. The van der Waals surface area contributed by atoms with Gasteiger partial charge in [-0.1, -0.05) is 36.4 Å². The average Bonchev–Trinajstić information content (AvgIpc) is 2.79. The SMILES string of the molecule is COCCOc1ncccc1CNC(=O)C(C)N1CCC(Cc2ccccc2)CC1. The smallest absolute Gasteiger partial charge is 0.237 e. The fourth-order valence-electron chi connectivity index (χ4n) is 3.90. The molecule has 0 aliphatic carbocycles. The van der Waals surface area contributed by atoms with Crippen molar-refractivity contribution in [3.05, 3.63) is 59.8 Å². The number of pyridine rings is 1. The van der Waals surface area contributed by atoms with Gasteiger partial charge in [-0.15, -0.1) is 0 Å². The summed E-state index contributed by atoms with van der Waals surface area (Å²) in [4.78, 5) is 19.3. The molecule has 0 saturated carbocycles. The summed E-state index contributed by atoms with van der Waals surface area (Å²) in [6.45, 7) is 5.26. The van der Waals surface area contributed by atoms with Crippen molar-refractivity contribution in [2.75, 3.05) is 33.4 Å². The van der Waals surface area contributed by atoms with Gasteiger partial charge in [0, 0.05) is 25.4 Å². The van der Waals surface area contributed by atoms with Crippen molar-refractivity contribution in [3.8, 4) is 5.88 Å². The summed E-state index contributed by atoms with van der Waals surface area (Å²) in [6.07, 6.45) is 5.08. The highest BCUT2D eigenvalue weighted by Crippen LogP contribution is 2.23. The van der Waals surface area contributed by atoms with Gasteiger partial charge in [-0.2, -0.15) is 0 Å². The molecule has 6 heteroatoms. The molecule has 162 valence electrons. The first kappa shape index (κ1) is 22.2. The number of nitrogens with one attached hydrogen (secondary N) is 1. The molecule has 1 atom stereocenters. The molecule has 1 saturated heterocycles. The van der Waals surface area contributed by atoms with Crippen molar-refractivity contribution in [1.82, 2.24) is 15.2 Å². The Kier molecular flexibility index (Phi) is 8.66. The summed E-state index contributed by atoms with van der Waals surface area (Å²) < 4.78 is 10.7. The summed E-state index contributed by atoms with van der Waals surface area (Å²) in [5, 5.41) is 3.05. The molecule has 1 aliphatic heterocycles. The Balaban J connectivity index is 1.44. The molecule has 1 unspecified atom stereocenters. The second-order valence-electron chi connectivity index (χ2n) is 7.87. The first-order chi connectivity index (χ1) is 14.7. The van der Waals surface area contributed by atoms with E-state index in [1.807, 2.05) is 19.1 Å². The second-order valence-corrected chi connectivity index (χ2v) is 7.87. The number of rotatable bonds is 10. The van der Waals surface area contributed by atoms with Gasteiger partial charge in [-0.05, 0) is 56.8 Å². The number of amides is 1. The van der Waals surface area contributed by atoms with Crippen LogP contribution in [0.4, 0.5) is 0 Å². The number of nitrogens with zero attached hydrogens (tertiary/aromatic N) is 2. The highest BCUT2D eigenvalue weighted by Gasteiger charge is 2.26. The summed E-state index contributed by atoms with van der Waals surface area (Å²) in [5.74, 6) is 1.29. The lowest BCUT2D eigenvalue weighted by Gasteiger charge is -2.35. The molecule has 2 heterocycles. The number of aromatic nitrogens is 1. The van der Waals surface area contributed by atoms with Gasteiger partial charge in [0.25, 0.3) is 0 Å². The van der Waals surface area contributed by atoms with Crippen molar-refractivity contribution in [2.24, 2.45) is 5.92 Å². The molecule has 0 radical (unpaired) electrons. The van der Waals surface area contributed by atoms with Crippen LogP contribution in [-0.4, -0.2) is 55.2 Å². The Morgan fingerprint density at radius 2 is 1.93 bits per heavy atom. The molecule has 30 heavy (non-hydrogen) atoms. The van der Waals surface area contributed by atoms with E-state index in [2.05, 4.69) is 45.5 Å². The zero-order chi connectivity index (χ0) is 21.2. The third-order valence-corrected chi connectivity index (χ3v) is 5.77. The lowest BCUT2D eigenvalue weighted by molar-refractivity contribution is -0.126. The van der Waals surface area contributed by atoms with Gasteiger partial charge in [-0.25, -0.2) is 4.98 Å². The van der Waals surface area contributed by atoms with Crippen LogP contribution in [0.1, 0.15) is 30.9 Å². The number of hydrogen-bond donors (Lipinski definition) is 1. The Morgan fingerprint density at radius 3 is 2.67 bits per heavy atom. The summed E-state index contributed by atoms with van der Waals surface area (Å²) in [5.41, 5.74) is 2.28. The van der Waals surface area contributed by atoms with Gasteiger partial charge < -0.3 is 14.8 Å². The van der Waals surface area contributed by atoms with Gasteiger partial charge in [0.15, 0.2) is 0 Å². The minimum absolute atomic E-state index is 0.0446. The number of methoxy groups -OCH3 is 1. The summed E-state index contributed by atoms with van der Waals surface area (Å²) in [7, 11) is 1.63. The molecule has 1 fully saturated rings. The molecular formula is C24H33N3O3. The topological polar surface area (TPSA) is 63.7 Å². The molecule has 6 nitrogen and oxygen atoms in total. The molecule has 1 aromatic heterocycles. The summed E-state index contributed by atoms with van der Waals surface area (Å²) in [6, 6.07) is 14.3. The maximum Gasteiger partial charge on any atom is 0.237 e. The van der Waals surface area contributed by atoms with E-state index < -0.39 is 0 Å². The molecule has 1 N–H and O–H groups in total. The minimum atomic E-state index is -0.141. The quantitative estimate of drug-likeness (QED) is 0.609. The van der Waals surface area contributed by atoms with Crippen molar-refractivity contribution < 1.29 is 14.3 Å². The number of hydrogen-bond acceptors (Lipinski definition) is 5. The van der Waals surface area contributed by atoms with Crippen molar-refractivity contribution in [1.29, 1.82) is 0 Å². The molecule has 1 amide bonds. The molecule has 1 aromatic carbocycles. The van der Waals surface area contributed by atoms with Gasteiger partial charge in [0.05, 0.1) is 12.6 Å². The maximum absolute atomic E-state index is 12.7. The summed E-state index contributed by atoms with van der Waals surface area (Å²) >= 11 is 0. The number of benzene rings is 1. The third-order valence-electron chi connectivity index (χ3n) is 5.77. The first-order valence-electron chi connectivity index (χ1n) is 10.8. The predicted molar refractivity (Wildman–Crippen MR) is 117 cm³/mol. The highest BCUT2D eigenvalue weighted by molar-refractivity contribution is 5.81. The van der Waals surface area contributed by atoms with Crippen LogP contribution >= 0.6 is 0 Å². The minimum Gasteiger partial charge on any atom is -0.475 e. The average molecular weight is 412 g/mol. The Morgan fingerprint density at radius 1 is 1.17 bits per heavy atom. The fourth-order valence-corrected chi connectivity index (χ4v) is 3.90. The Hall–Kier alpha value is -2.44. The van der Waals surface area contributed by atoms with E-state index >= 15 is 0 Å². The predicted octanol–water partition coefficient (Wildman–Crippen LogP) is 3.07. The van der Waals surface area contributed by atoms with E-state index in [4.69, 9.17) is 9.47 Å². The first-order valence-corrected chi connectivity index (χ1v) is 10.8. The largest absolute Gasteiger partial charge is 0.475 e. The van der Waals surface area contributed by atoms with Gasteiger partial charge in [0.1, 0.15) is 6.61 Å². The lowest BCUT2D eigenvalue weighted by Crippen LogP contribution is -2.48. The molecule has 2 aromatic rings. The van der Waals surface area contributed by atoms with Crippen LogP contribution in [0.2, 0.25) is 0 Å². The van der Waals surface area contributed by atoms with Gasteiger partial charge >= 0.3 is 0 Å². The Bertz CT molecular complexity index is 776. The number of likely N-dealkylation sites (tertiary alicyclic amines) is 1. The van der Waals surface area contributed by atoms with E-state index in [1.165, 1.54) is 5.56 Å². The second kappa shape index (κ2) is 11.7. The number of ether oxygens (including phenoxy) is 2. The monoisotopic (exact) mass is 411 g/mol. The Labute approximate surface area is 179 Å². The van der Waals surface area contributed by atoms with Crippen LogP contribution in [0.15, 0.2) is 48.7 Å². The number of piperidine rings is 1. The van der Waals surface area contributed by atoms with Crippen LogP contribution < -0.4 is 10.1 Å². The van der Waals surface area contributed by atoms with Crippen LogP contribution in [0.5, 0.6) is 5.88 Å². The van der Waals surface area contributed by atoms with Crippen LogP contribution in [0, 0.1) is 5.92 Å². The standard InChI is InChI=1S/C24H33N3O3/c1-19(27-13-10-21(11-14-27)17-20-7-4-3-5-8-20)23(28)26-18-22-9-6-12-25-24(22)30-16-15-29-2/h3-9,12,19,21H,10-11,13-18H2,1-2H3,(H,26,28). The van der Waals surface area contributed by atoms with E-state index in [1.54, 1.807) is 13.3 Å². The van der Waals surface area contributed by atoms with E-state index in [0.717, 1.165) is 37.9 Å². The van der Waals surface area contributed by atoms with Crippen LogP contribution in [0.25, 0.3) is 0 Å². The van der Waals surface area contributed by atoms with Gasteiger partial charge in [0.2, 0.25) is 11.8 Å². The normalized spacial score (nSPS) is 16.2. The van der Waals surface area contributed by atoms with Crippen LogP contribution in [-0.2, 0) is 22.5 Å². The fraction of sp³-hybridized carbons (Fsp3) is 0.500. The van der Waals surface area contributed by atoms with Crippen LogP contribution in [0.3, 0.4) is 0 Å². The number of carbonyl (C=O) groups is 1. The third kappa shape index (κ3) is 6.54. The molecule has 3 rings (SSSR count). The van der Waals surface area contributed by atoms with Gasteiger partial charge in [-0.3, -0.25) is 9.69 Å². The highest BCUT2D eigenvalue weighted by atomic mass is 16.5. The van der Waals surface area contributed by atoms with E-state index in [9.17, 15) is 4.79 Å². The zero-order valence-electron chi connectivity index (χ0n) is 18.0.